The van der Waals surface area contributed by atoms with Gasteiger partial charge in [-0.05, 0) is 37.5 Å². The summed E-state index contributed by atoms with van der Waals surface area (Å²) in [6.45, 7) is 6.43. The van der Waals surface area contributed by atoms with Crippen molar-refractivity contribution in [3.63, 3.8) is 0 Å². The minimum Gasteiger partial charge on any atom is -0.389 e. The summed E-state index contributed by atoms with van der Waals surface area (Å²) in [4.78, 5) is 0.452. The van der Waals surface area contributed by atoms with Crippen molar-refractivity contribution in [2.75, 3.05) is 5.32 Å². The largest absolute Gasteiger partial charge is 0.389 e. The van der Waals surface area contributed by atoms with Gasteiger partial charge in [-0.2, -0.15) is 0 Å². The topological polar surface area (TPSA) is 38.0 Å². The van der Waals surface area contributed by atoms with Crippen LogP contribution >= 0.6 is 12.2 Å². The second-order valence-corrected chi connectivity index (χ2v) is 4.51. The van der Waals surface area contributed by atoms with Crippen molar-refractivity contribution in [3.05, 3.63) is 29.3 Å². The Bertz CT molecular complexity index is 370. The van der Waals surface area contributed by atoms with E-state index in [1.807, 2.05) is 12.1 Å². The van der Waals surface area contributed by atoms with Crippen molar-refractivity contribution in [1.29, 1.82) is 0 Å². The number of aryl methyl sites for hydroxylation is 1. The van der Waals surface area contributed by atoms with Crippen LogP contribution in [-0.4, -0.2) is 11.0 Å². The Labute approximate surface area is 103 Å². The summed E-state index contributed by atoms with van der Waals surface area (Å²) in [5, 5.41) is 3.50. The summed E-state index contributed by atoms with van der Waals surface area (Å²) in [5.41, 5.74) is 8.93. The van der Waals surface area contributed by atoms with Gasteiger partial charge in [0.2, 0.25) is 0 Å². The predicted octanol–water partition coefficient (Wildman–Crippen LogP) is 3.23. The van der Waals surface area contributed by atoms with Gasteiger partial charge in [0, 0.05) is 17.3 Å². The van der Waals surface area contributed by atoms with E-state index in [1.54, 1.807) is 0 Å². The van der Waals surface area contributed by atoms with Crippen LogP contribution in [0.2, 0.25) is 0 Å². The fraction of sp³-hybridized carbons (Fsp3) is 0.462. The highest BCUT2D eigenvalue weighted by Gasteiger charge is 2.09. The highest BCUT2D eigenvalue weighted by atomic mass is 32.1. The van der Waals surface area contributed by atoms with Gasteiger partial charge in [0.1, 0.15) is 4.99 Å². The van der Waals surface area contributed by atoms with Gasteiger partial charge in [0.05, 0.1) is 0 Å². The van der Waals surface area contributed by atoms with E-state index in [-0.39, 0.29) is 0 Å². The van der Waals surface area contributed by atoms with Gasteiger partial charge in [-0.3, -0.25) is 0 Å². The molecule has 2 nitrogen and oxygen atoms in total. The van der Waals surface area contributed by atoms with E-state index in [1.165, 1.54) is 5.56 Å². The van der Waals surface area contributed by atoms with Crippen LogP contribution in [0, 0.1) is 6.92 Å². The maximum absolute atomic E-state index is 5.71. The smallest absolute Gasteiger partial charge is 0.106 e. The van der Waals surface area contributed by atoms with Gasteiger partial charge in [0.25, 0.3) is 0 Å². The van der Waals surface area contributed by atoms with Crippen molar-refractivity contribution in [2.24, 2.45) is 5.73 Å². The molecule has 0 saturated carbocycles. The first-order chi connectivity index (χ1) is 7.58. The van der Waals surface area contributed by atoms with Gasteiger partial charge in [-0.25, -0.2) is 0 Å². The van der Waals surface area contributed by atoms with Crippen molar-refractivity contribution in [2.45, 2.75) is 39.7 Å². The van der Waals surface area contributed by atoms with Gasteiger partial charge in [-0.1, -0.05) is 32.1 Å². The van der Waals surface area contributed by atoms with Gasteiger partial charge >= 0.3 is 0 Å². The third kappa shape index (κ3) is 3.20. The summed E-state index contributed by atoms with van der Waals surface area (Å²) in [7, 11) is 0. The summed E-state index contributed by atoms with van der Waals surface area (Å²) >= 11 is 5.06. The maximum atomic E-state index is 5.71. The molecule has 0 unspecified atom stereocenters. The lowest BCUT2D eigenvalue weighted by Crippen LogP contribution is -2.20. The van der Waals surface area contributed by atoms with E-state index in [4.69, 9.17) is 18.0 Å². The van der Waals surface area contributed by atoms with Gasteiger partial charge in [0.15, 0.2) is 0 Å². The zero-order chi connectivity index (χ0) is 12.1. The van der Waals surface area contributed by atoms with Gasteiger partial charge in [-0.15, -0.1) is 0 Å². The Morgan fingerprint density at radius 3 is 2.50 bits per heavy atom. The lowest BCUT2D eigenvalue weighted by Gasteiger charge is -2.19. The number of anilines is 1. The quantitative estimate of drug-likeness (QED) is 0.771. The molecule has 0 fully saturated rings. The predicted molar refractivity (Wildman–Crippen MR) is 75.1 cm³/mol. The average Bonchev–Trinajstić information content (AvgIpc) is 2.25. The number of nitrogens with two attached hydrogens (primary N) is 1. The highest BCUT2D eigenvalue weighted by molar-refractivity contribution is 7.80. The number of rotatable bonds is 5. The van der Waals surface area contributed by atoms with Crippen molar-refractivity contribution in [3.8, 4) is 0 Å². The Morgan fingerprint density at radius 2 is 2.00 bits per heavy atom. The number of nitrogens with one attached hydrogen (secondary N) is 1. The van der Waals surface area contributed by atoms with Crippen LogP contribution in [0.25, 0.3) is 0 Å². The second kappa shape index (κ2) is 5.85. The zero-order valence-corrected chi connectivity index (χ0v) is 11.0. The Kier molecular flexibility index (Phi) is 4.74. The van der Waals surface area contributed by atoms with Crippen molar-refractivity contribution >= 4 is 22.9 Å². The van der Waals surface area contributed by atoms with Crippen LogP contribution in [0.3, 0.4) is 0 Å². The first-order valence-electron chi connectivity index (χ1n) is 5.75. The SMILES string of the molecule is CCC(CC)Nc1cc(C)ccc1C(N)=S. The summed E-state index contributed by atoms with van der Waals surface area (Å²) in [6, 6.07) is 6.61. The first-order valence-corrected chi connectivity index (χ1v) is 6.16. The van der Waals surface area contributed by atoms with Crippen LogP contribution in [0.1, 0.15) is 37.8 Å². The van der Waals surface area contributed by atoms with E-state index >= 15 is 0 Å². The number of hydrogen-bond acceptors (Lipinski definition) is 2. The fourth-order valence-electron chi connectivity index (χ4n) is 1.71. The number of hydrogen-bond donors (Lipinski definition) is 2. The average molecular weight is 236 g/mol. The molecule has 0 saturated heterocycles. The van der Waals surface area contributed by atoms with Crippen LogP contribution in [0.15, 0.2) is 18.2 Å². The first kappa shape index (κ1) is 13.0. The molecule has 0 aliphatic rings. The second-order valence-electron chi connectivity index (χ2n) is 4.07. The molecule has 0 radical (unpaired) electrons. The molecular formula is C13H20N2S. The van der Waals surface area contributed by atoms with E-state index in [2.05, 4.69) is 32.2 Å². The summed E-state index contributed by atoms with van der Waals surface area (Å²) in [5.74, 6) is 0. The Balaban J connectivity index is 3.00. The monoisotopic (exact) mass is 236 g/mol. The fourth-order valence-corrected chi connectivity index (χ4v) is 1.88. The minimum absolute atomic E-state index is 0.452. The molecule has 0 amide bonds. The van der Waals surface area contributed by atoms with E-state index in [0.717, 1.165) is 24.1 Å². The normalized spacial score (nSPS) is 10.5. The molecule has 3 N–H and O–H groups in total. The molecule has 0 aromatic heterocycles. The Hall–Kier alpha value is -1.09. The summed E-state index contributed by atoms with van der Waals surface area (Å²) < 4.78 is 0. The number of thiocarbonyl (C=S) groups is 1. The lowest BCUT2D eigenvalue weighted by atomic mass is 10.1. The molecule has 1 aromatic carbocycles. The standard InChI is InChI=1S/C13H20N2S/c1-4-10(5-2)15-12-8-9(3)6-7-11(12)13(14)16/h6-8,10,15H,4-5H2,1-3H3,(H2,14,16). The molecule has 1 rings (SSSR count). The highest BCUT2D eigenvalue weighted by Crippen LogP contribution is 2.20. The minimum atomic E-state index is 0.452. The Morgan fingerprint density at radius 1 is 1.38 bits per heavy atom. The summed E-state index contributed by atoms with van der Waals surface area (Å²) in [6.07, 6.45) is 2.20. The van der Waals surface area contributed by atoms with Crippen LogP contribution in [0.4, 0.5) is 5.69 Å². The number of benzene rings is 1. The molecule has 0 atom stereocenters. The van der Waals surface area contributed by atoms with Crippen molar-refractivity contribution < 1.29 is 0 Å². The molecule has 16 heavy (non-hydrogen) atoms. The van der Waals surface area contributed by atoms with E-state index in [9.17, 15) is 0 Å². The molecule has 0 spiro atoms. The molecule has 88 valence electrons. The third-order valence-electron chi connectivity index (χ3n) is 2.79. The van der Waals surface area contributed by atoms with Crippen LogP contribution in [0.5, 0.6) is 0 Å². The zero-order valence-electron chi connectivity index (χ0n) is 10.2. The van der Waals surface area contributed by atoms with Crippen LogP contribution < -0.4 is 11.1 Å². The molecule has 0 aliphatic heterocycles. The molecule has 0 heterocycles. The lowest BCUT2D eigenvalue weighted by molar-refractivity contribution is 0.671. The maximum Gasteiger partial charge on any atom is 0.106 e. The van der Waals surface area contributed by atoms with Gasteiger partial charge < -0.3 is 11.1 Å². The molecule has 3 heteroatoms. The van der Waals surface area contributed by atoms with E-state index < -0.39 is 0 Å². The van der Waals surface area contributed by atoms with Crippen LogP contribution in [-0.2, 0) is 0 Å². The molecule has 0 bridgehead atoms. The van der Waals surface area contributed by atoms with E-state index in [0.29, 0.717) is 11.0 Å². The molecule has 1 aromatic rings. The molecular weight excluding hydrogens is 216 g/mol. The molecule has 0 aliphatic carbocycles. The van der Waals surface area contributed by atoms with Crippen molar-refractivity contribution in [1.82, 2.24) is 0 Å². The third-order valence-corrected chi connectivity index (χ3v) is 3.01.